The largest absolute Gasteiger partial charge is 0.481 e. The average molecular weight is 253 g/mol. The monoisotopic (exact) mass is 253 g/mol. The van der Waals surface area contributed by atoms with E-state index in [0.29, 0.717) is 0 Å². The van der Waals surface area contributed by atoms with Crippen LogP contribution in [0.1, 0.15) is 16.9 Å². The summed E-state index contributed by atoms with van der Waals surface area (Å²) in [5, 5.41) is 10.5. The number of likely N-dealkylation sites (N-methyl/N-ethyl adjacent to an activating group) is 1. The van der Waals surface area contributed by atoms with Gasteiger partial charge in [-0.25, -0.2) is 0 Å². The van der Waals surface area contributed by atoms with E-state index >= 15 is 0 Å². The van der Waals surface area contributed by atoms with Crippen LogP contribution < -0.4 is 0 Å². The van der Waals surface area contributed by atoms with Crippen molar-refractivity contribution in [2.45, 2.75) is 13.3 Å². The third-order valence-corrected chi connectivity index (χ3v) is 3.30. The zero-order chi connectivity index (χ0) is 12.8. The summed E-state index contributed by atoms with van der Waals surface area (Å²) in [5.41, 5.74) is 1.13. The molecule has 1 N–H and O–H groups in total. The van der Waals surface area contributed by atoms with Gasteiger partial charge in [-0.05, 0) is 30.0 Å². The van der Waals surface area contributed by atoms with Crippen LogP contribution in [0.3, 0.4) is 0 Å². The summed E-state index contributed by atoms with van der Waals surface area (Å²) in [7, 11) is 1.59. The molecule has 1 aromatic heterocycles. The fourth-order valence-corrected chi connectivity index (χ4v) is 2.02. The number of amides is 1. The van der Waals surface area contributed by atoms with Gasteiger partial charge in [-0.2, -0.15) is 0 Å². The topological polar surface area (TPSA) is 57.6 Å². The molecule has 0 radical (unpaired) electrons. The molecular formula is C12H15NO3S. The number of rotatable bonds is 5. The maximum atomic E-state index is 11.6. The summed E-state index contributed by atoms with van der Waals surface area (Å²) >= 11 is 1.57. The van der Waals surface area contributed by atoms with Crippen molar-refractivity contribution in [3.8, 4) is 0 Å². The summed E-state index contributed by atoms with van der Waals surface area (Å²) in [6.07, 6.45) is 3.20. The Morgan fingerprint density at radius 2 is 2.24 bits per heavy atom. The lowest BCUT2D eigenvalue weighted by molar-refractivity contribution is -0.137. The first-order chi connectivity index (χ1) is 8.00. The normalized spacial score (nSPS) is 10.7. The Morgan fingerprint density at radius 3 is 2.76 bits per heavy atom. The summed E-state index contributed by atoms with van der Waals surface area (Å²) in [6.45, 7) is 2.21. The fraction of sp³-hybridized carbons (Fsp3) is 0.333. The minimum absolute atomic E-state index is 0.0336. The van der Waals surface area contributed by atoms with Crippen molar-refractivity contribution in [2.75, 3.05) is 13.6 Å². The molecule has 0 fully saturated rings. The number of hydrogen-bond donors (Lipinski definition) is 1. The van der Waals surface area contributed by atoms with Crippen LogP contribution in [0.2, 0.25) is 0 Å². The standard InChI is InChI=1S/C12H15NO3S/c1-9-6-8-17-10(9)3-4-11(14)13(2)7-5-12(15)16/h3-4,6,8H,5,7H2,1-2H3,(H,15,16)/b4-3+. The molecule has 0 bridgehead atoms. The number of aryl methyl sites for hydroxylation is 1. The van der Waals surface area contributed by atoms with Gasteiger partial charge in [0.05, 0.1) is 6.42 Å². The molecule has 1 rings (SSSR count). The van der Waals surface area contributed by atoms with Gasteiger partial charge in [0.2, 0.25) is 5.91 Å². The Labute approximate surface area is 104 Å². The zero-order valence-electron chi connectivity index (χ0n) is 9.84. The van der Waals surface area contributed by atoms with Crippen molar-refractivity contribution < 1.29 is 14.7 Å². The molecule has 1 heterocycles. The number of aliphatic carboxylic acids is 1. The Balaban J connectivity index is 2.51. The molecule has 0 aliphatic rings. The molecule has 0 aromatic carbocycles. The second-order valence-electron chi connectivity index (χ2n) is 3.70. The molecule has 0 saturated heterocycles. The number of carboxylic acid groups (broad SMARTS) is 1. The first kappa shape index (κ1) is 13.4. The summed E-state index contributed by atoms with van der Waals surface area (Å²) in [5.74, 6) is -1.08. The molecule has 0 atom stereocenters. The lowest BCUT2D eigenvalue weighted by Gasteiger charge is -2.12. The number of carbonyl (C=O) groups excluding carboxylic acids is 1. The number of carboxylic acids is 1. The van der Waals surface area contributed by atoms with E-state index in [0.717, 1.165) is 10.4 Å². The number of nitrogens with zero attached hydrogens (tertiary/aromatic N) is 1. The van der Waals surface area contributed by atoms with Crippen molar-refractivity contribution in [3.63, 3.8) is 0 Å². The highest BCUT2D eigenvalue weighted by Crippen LogP contribution is 2.17. The van der Waals surface area contributed by atoms with E-state index in [-0.39, 0.29) is 18.9 Å². The fourth-order valence-electron chi connectivity index (χ4n) is 1.20. The molecule has 0 saturated carbocycles. The molecule has 92 valence electrons. The Kier molecular flexibility index (Phi) is 4.90. The third kappa shape index (κ3) is 4.40. The predicted octanol–water partition coefficient (Wildman–Crippen LogP) is 2.00. The zero-order valence-corrected chi connectivity index (χ0v) is 10.7. The van der Waals surface area contributed by atoms with Crippen molar-refractivity contribution >= 4 is 29.3 Å². The van der Waals surface area contributed by atoms with Crippen LogP contribution in [-0.2, 0) is 9.59 Å². The maximum absolute atomic E-state index is 11.6. The average Bonchev–Trinajstić information content (AvgIpc) is 2.68. The highest BCUT2D eigenvalue weighted by Gasteiger charge is 2.07. The van der Waals surface area contributed by atoms with Crippen molar-refractivity contribution in [1.29, 1.82) is 0 Å². The van der Waals surface area contributed by atoms with Gasteiger partial charge in [-0.15, -0.1) is 11.3 Å². The van der Waals surface area contributed by atoms with E-state index in [9.17, 15) is 9.59 Å². The summed E-state index contributed by atoms with van der Waals surface area (Å²) < 4.78 is 0. The molecule has 0 spiro atoms. The molecule has 1 aromatic rings. The quantitative estimate of drug-likeness (QED) is 0.817. The maximum Gasteiger partial charge on any atom is 0.305 e. The molecule has 17 heavy (non-hydrogen) atoms. The minimum atomic E-state index is -0.900. The number of carbonyl (C=O) groups is 2. The van der Waals surface area contributed by atoms with Crippen LogP contribution in [0.25, 0.3) is 6.08 Å². The molecule has 0 aliphatic heterocycles. The van der Waals surface area contributed by atoms with Crippen LogP contribution in [0, 0.1) is 6.92 Å². The van der Waals surface area contributed by atoms with E-state index < -0.39 is 5.97 Å². The lowest BCUT2D eigenvalue weighted by Crippen LogP contribution is -2.27. The molecule has 4 nitrogen and oxygen atoms in total. The van der Waals surface area contributed by atoms with Gasteiger partial charge >= 0.3 is 5.97 Å². The van der Waals surface area contributed by atoms with Gasteiger partial charge in [-0.1, -0.05) is 0 Å². The predicted molar refractivity (Wildman–Crippen MR) is 68.0 cm³/mol. The van der Waals surface area contributed by atoms with E-state index in [1.165, 1.54) is 11.0 Å². The van der Waals surface area contributed by atoms with Crippen LogP contribution >= 0.6 is 11.3 Å². The lowest BCUT2D eigenvalue weighted by atomic mass is 10.2. The smallest absolute Gasteiger partial charge is 0.305 e. The van der Waals surface area contributed by atoms with Crippen LogP contribution in [0.5, 0.6) is 0 Å². The van der Waals surface area contributed by atoms with Crippen molar-refractivity contribution in [2.24, 2.45) is 0 Å². The van der Waals surface area contributed by atoms with Gasteiger partial charge in [-0.3, -0.25) is 9.59 Å². The SMILES string of the molecule is Cc1ccsc1/C=C/C(=O)N(C)CCC(=O)O. The van der Waals surface area contributed by atoms with Crippen LogP contribution in [-0.4, -0.2) is 35.5 Å². The third-order valence-electron chi connectivity index (χ3n) is 2.32. The van der Waals surface area contributed by atoms with Crippen molar-refractivity contribution in [1.82, 2.24) is 4.90 Å². The van der Waals surface area contributed by atoms with E-state index in [1.54, 1.807) is 24.5 Å². The molecule has 5 heteroatoms. The first-order valence-electron chi connectivity index (χ1n) is 5.19. The molecule has 0 aliphatic carbocycles. The second kappa shape index (κ2) is 6.20. The molecular weight excluding hydrogens is 238 g/mol. The second-order valence-corrected chi connectivity index (χ2v) is 4.65. The summed E-state index contributed by atoms with van der Waals surface area (Å²) in [4.78, 5) is 24.4. The van der Waals surface area contributed by atoms with E-state index in [4.69, 9.17) is 5.11 Å². The highest BCUT2D eigenvalue weighted by molar-refractivity contribution is 7.11. The first-order valence-corrected chi connectivity index (χ1v) is 6.07. The van der Waals surface area contributed by atoms with Gasteiger partial charge in [0.25, 0.3) is 0 Å². The van der Waals surface area contributed by atoms with Gasteiger partial charge in [0, 0.05) is 24.5 Å². The summed E-state index contributed by atoms with van der Waals surface area (Å²) in [6, 6.07) is 1.99. The Morgan fingerprint density at radius 1 is 1.53 bits per heavy atom. The van der Waals surface area contributed by atoms with E-state index in [1.807, 2.05) is 18.4 Å². The molecule has 1 amide bonds. The van der Waals surface area contributed by atoms with Gasteiger partial charge in [0.15, 0.2) is 0 Å². The molecule has 0 unspecified atom stereocenters. The van der Waals surface area contributed by atoms with E-state index in [2.05, 4.69) is 0 Å². The van der Waals surface area contributed by atoms with Crippen molar-refractivity contribution in [3.05, 3.63) is 28.0 Å². The minimum Gasteiger partial charge on any atom is -0.481 e. The Bertz CT molecular complexity index is 437. The van der Waals surface area contributed by atoms with Gasteiger partial charge in [0.1, 0.15) is 0 Å². The van der Waals surface area contributed by atoms with Crippen LogP contribution in [0.4, 0.5) is 0 Å². The number of thiophene rings is 1. The van der Waals surface area contributed by atoms with Crippen LogP contribution in [0.15, 0.2) is 17.5 Å². The highest BCUT2D eigenvalue weighted by atomic mass is 32.1. The van der Waals surface area contributed by atoms with Gasteiger partial charge < -0.3 is 10.0 Å². The number of hydrogen-bond acceptors (Lipinski definition) is 3. The Hall–Kier alpha value is -1.62.